The number of carboxylic acid groups (broad SMARTS) is 2. The second kappa shape index (κ2) is 28.0. The Morgan fingerprint density at radius 1 is 0.789 bits per heavy atom. The monoisotopic (exact) mass is 1060 g/mol. The van der Waals surface area contributed by atoms with Crippen molar-refractivity contribution in [1.82, 2.24) is 40.6 Å². The second-order valence-electron chi connectivity index (χ2n) is 19.6. The molecule has 5 rings (SSSR count). The fourth-order valence-electron chi connectivity index (χ4n) is 8.98. The molecule has 1 aromatic carbocycles. The smallest absolute Gasteiger partial charge is 0.326 e. The van der Waals surface area contributed by atoms with Gasteiger partial charge in [-0.15, -0.1) is 0 Å². The number of primary amides is 1. The molecule has 5 atom stereocenters. The van der Waals surface area contributed by atoms with E-state index >= 15 is 0 Å². The molecule has 0 saturated heterocycles. The molecule has 410 valence electrons. The standard InChI is InChI=1S/C52H69N11O13/c1-31(2)46(58-41(65)12-8-7-10-24-62-42(66)18-19-43(62)67)49(72)55-33(4)50(73)61(39(27-40(53)64)48(71)57-38(51(74)75)17-20-45(69)70)23-9-5-6-11-25-63-44(68)26-32(3)47(59-63)34-13-15-37(16-14-34)56-52(76)60-29-35-21-22-54-28-36(35)30-60/h13-16,18-19,21-22,28,31-33,38-39,46H,5-12,17,20,23-27,29-30H2,1-4H3,(H2,53,64)(H,55,72)(H,56,76)(H,57,71)(H,58,65)(H,69,70)(H,74,75)/t32-,33-,38-,39+,46+/m0/s1. The molecule has 24 nitrogen and oxygen atoms in total. The van der Waals surface area contributed by atoms with Gasteiger partial charge in [-0.25, -0.2) is 14.6 Å². The lowest BCUT2D eigenvalue weighted by molar-refractivity contribution is -0.147. The van der Waals surface area contributed by atoms with Crippen molar-refractivity contribution >= 4 is 76.6 Å². The third-order valence-corrected chi connectivity index (χ3v) is 13.2. The van der Waals surface area contributed by atoms with Gasteiger partial charge in [0.05, 0.1) is 12.1 Å². The number of aromatic nitrogens is 1. The second-order valence-corrected chi connectivity index (χ2v) is 19.6. The van der Waals surface area contributed by atoms with E-state index in [4.69, 9.17) is 10.8 Å². The molecule has 1 aromatic heterocycles. The minimum absolute atomic E-state index is 0.0285. The quantitative estimate of drug-likeness (QED) is 0.0455. The van der Waals surface area contributed by atoms with Crippen molar-refractivity contribution in [2.24, 2.45) is 22.7 Å². The Kier molecular flexibility index (Phi) is 21.7. The first kappa shape index (κ1) is 58.8. The summed E-state index contributed by atoms with van der Waals surface area (Å²) in [5, 5.41) is 35.6. The van der Waals surface area contributed by atoms with Crippen molar-refractivity contribution in [3.8, 4) is 0 Å². The number of hydrogen-bond acceptors (Lipinski definition) is 13. The van der Waals surface area contributed by atoms with Crippen molar-refractivity contribution < 1.29 is 63.0 Å². The molecule has 0 saturated carbocycles. The van der Waals surface area contributed by atoms with E-state index in [0.29, 0.717) is 63.0 Å². The first-order chi connectivity index (χ1) is 36.1. The zero-order chi connectivity index (χ0) is 55.6. The third kappa shape index (κ3) is 17.0. The number of carbonyl (C=O) groups is 11. The summed E-state index contributed by atoms with van der Waals surface area (Å²) in [4.78, 5) is 148. The summed E-state index contributed by atoms with van der Waals surface area (Å²) in [6.07, 6.45) is 7.23. The minimum atomic E-state index is -1.70. The molecule has 10 amide bonds. The maximum absolute atomic E-state index is 14.4. The fourth-order valence-corrected chi connectivity index (χ4v) is 8.98. The van der Waals surface area contributed by atoms with Gasteiger partial charge in [0.15, 0.2) is 0 Å². The fraction of sp³-hybridized carbons (Fsp3) is 0.519. The number of pyridine rings is 1. The molecule has 3 aliphatic heterocycles. The lowest BCUT2D eigenvalue weighted by Crippen LogP contribution is -2.59. The number of anilines is 1. The number of nitrogens with two attached hydrogens (primary N) is 1. The summed E-state index contributed by atoms with van der Waals surface area (Å²) in [5.74, 6) is -8.62. The highest BCUT2D eigenvalue weighted by Crippen LogP contribution is 2.25. The summed E-state index contributed by atoms with van der Waals surface area (Å²) in [6, 6.07) is 3.03. The van der Waals surface area contributed by atoms with Gasteiger partial charge in [-0.3, -0.25) is 53.0 Å². The number of carboxylic acids is 2. The minimum Gasteiger partial charge on any atom is -0.481 e. The molecule has 0 fully saturated rings. The Balaban J connectivity index is 1.20. The van der Waals surface area contributed by atoms with Crippen LogP contribution in [0.1, 0.15) is 121 Å². The first-order valence-corrected chi connectivity index (χ1v) is 25.6. The number of aliphatic carboxylic acids is 2. The molecule has 24 heteroatoms. The lowest BCUT2D eigenvalue weighted by atomic mass is 9.93. The number of carbonyl (C=O) groups excluding carboxylic acids is 9. The molecule has 3 aliphatic rings. The van der Waals surface area contributed by atoms with Crippen LogP contribution < -0.4 is 27.0 Å². The number of benzene rings is 1. The average Bonchev–Trinajstić information content (AvgIpc) is 3.95. The van der Waals surface area contributed by atoms with Gasteiger partial charge in [-0.05, 0) is 79.8 Å². The van der Waals surface area contributed by atoms with E-state index in [0.717, 1.165) is 26.5 Å². The predicted molar refractivity (Wildman–Crippen MR) is 274 cm³/mol. The van der Waals surface area contributed by atoms with Gasteiger partial charge in [0.25, 0.3) is 11.8 Å². The van der Waals surface area contributed by atoms with E-state index in [1.807, 2.05) is 25.1 Å². The number of nitrogens with zero attached hydrogens (tertiary/aromatic N) is 6. The summed E-state index contributed by atoms with van der Waals surface area (Å²) >= 11 is 0. The van der Waals surface area contributed by atoms with Crippen molar-refractivity contribution in [1.29, 1.82) is 0 Å². The van der Waals surface area contributed by atoms with Crippen molar-refractivity contribution in [2.75, 3.05) is 25.0 Å². The molecule has 8 N–H and O–H groups in total. The summed E-state index contributed by atoms with van der Waals surface area (Å²) in [6.45, 7) is 7.83. The predicted octanol–water partition coefficient (Wildman–Crippen LogP) is 2.40. The molecule has 76 heavy (non-hydrogen) atoms. The Morgan fingerprint density at radius 3 is 2.09 bits per heavy atom. The molecule has 0 bridgehead atoms. The van der Waals surface area contributed by atoms with Crippen molar-refractivity contribution in [2.45, 2.75) is 142 Å². The van der Waals surface area contributed by atoms with Crippen LogP contribution in [-0.2, 0) is 61.0 Å². The third-order valence-electron chi connectivity index (χ3n) is 13.2. The Labute approximate surface area is 440 Å². The van der Waals surface area contributed by atoms with E-state index in [2.05, 4.69) is 26.3 Å². The van der Waals surface area contributed by atoms with E-state index in [1.54, 1.807) is 43.3 Å². The summed E-state index contributed by atoms with van der Waals surface area (Å²) in [7, 11) is 0. The van der Waals surface area contributed by atoms with Gasteiger partial charge < -0.3 is 47.0 Å². The van der Waals surface area contributed by atoms with Gasteiger partial charge in [0.1, 0.15) is 24.2 Å². The van der Waals surface area contributed by atoms with E-state index in [-0.39, 0.29) is 56.8 Å². The van der Waals surface area contributed by atoms with Crippen LogP contribution in [0.15, 0.2) is 60.0 Å². The van der Waals surface area contributed by atoms with Gasteiger partial charge >= 0.3 is 18.0 Å². The van der Waals surface area contributed by atoms with Crippen LogP contribution in [0.2, 0.25) is 0 Å². The average molecular weight is 1060 g/mol. The van der Waals surface area contributed by atoms with Crippen LogP contribution in [0.4, 0.5) is 10.5 Å². The number of nitrogens with one attached hydrogen (secondary N) is 4. The molecule has 0 spiro atoms. The SMILES string of the molecule is CC(C)[C@@H](NC(=O)CCCCCN1C(=O)C=CC1=O)C(=O)N[C@@H](C)C(=O)N(CCCCCCN1N=C(c2ccc(NC(=O)N3Cc4ccncc4C3)cc2)[C@@H](C)CC1=O)[C@H](CC(N)=O)C(=O)N[C@@H](CCC(=O)O)C(=O)O. The number of hydrogen-bond donors (Lipinski definition) is 7. The highest BCUT2D eigenvalue weighted by molar-refractivity contribution is 6.13. The van der Waals surface area contributed by atoms with Gasteiger partial charge in [-0.1, -0.05) is 52.2 Å². The van der Waals surface area contributed by atoms with Gasteiger partial charge in [-0.2, -0.15) is 5.10 Å². The highest BCUT2D eigenvalue weighted by Gasteiger charge is 2.37. The van der Waals surface area contributed by atoms with E-state index < -0.39 is 103 Å². The number of imide groups is 1. The summed E-state index contributed by atoms with van der Waals surface area (Å²) in [5.41, 5.74) is 9.68. The first-order valence-electron chi connectivity index (χ1n) is 25.6. The molecular weight excluding hydrogens is 987 g/mol. The molecule has 0 aliphatic carbocycles. The Morgan fingerprint density at radius 2 is 1.45 bits per heavy atom. The number of amides is 10. The topological polar surface area (TPSA) is 341 Å². The van der Waals surface area contributed by atoms with Crippen LogP contribution in [0, 0.1) is 11.8 Å². The van der Waals surface area contributed by atoms with Gasteiger partial charge in [0, 0.05) is 88.1 Å². The number of hydrazone groups is 1. The zero-order valence-electron chi connectivity index (χ0n) is 43.3. The zero-order valence-corrected chi connectivity index (χ0v) is 43.3. The largest absolute Gasteiger partial charge is 0.481 e. The molecule has 0 unspecified atom stereocenters. The number of rotatable bonds is 29. The van der Waals surface area contributed by atoms with Crippen molar-refractivity contribution in [3.63, 3.8) is 0 Å². The lowest BCUT2D eigenvalue weighted by Gasteiger charge is -2.34. The molecular formula is C52H69N11O13. The van der Waals surface area contributed by atoms with E-state index in [9.17, 15) is 63.0 Å². The number of urea groups is 1. The molecule has 4 heterocycles. The van der Waals surface area contributed by atoms with Crippen LogP contribution >= 0.6 is 0 Å². The van der Waals surface area contributed by atoms with Crippen molar-refractivity contribution in [3.05, 3.63) is 71.6 Å². The maximum atomic E-state index is 14.4. The number of unbranched alkanes of at least 4 members (excludes halogenated alkanes) is 5. The highest BCUT2D eigenvalue weighted by atomic mass is 16.4. The maximum Gasteiger partial charge on any atom is 0.326 e. The van der Waals surface area contributed by atoms with Crippen LogP contribution in [0.5, 0.6) is 0 Å². The van der Waals surface area contributed by atoms with Gasteiger partial charge in [0.2, 0.25) is 35.4 Å². The Bertz CT molecular complexity index is 2530. The Hall–Kier alpha value is -8.05. The van der Waals surface area contributed by atoms with E-state index in [1.165, 1.54) is 24.1 Å². The number of fused-ring (bicyclic) bond motifs is 1. The molecule has 2 aromatic rings. The van der Waals surface area contributed by atoms with Crippen LogP contribution in [0.25, 0.3) is 0 Å². The van der Waals surface area contributed by atoms with Crippen LogP contribution in [-0.4, -0.2) is 150 Å². The summed E-state index contributed by atoms with van der Waals surface area (Å²) < 4.78 is 0. The molecule has 0 radical (unpaired) electrons. The normalized spacial score (nSPS) is 16.6. The van der Waals surface area contributed by atoms with Crippen LogP contribution in [0.3, 0.4) is 0 Å².